The van der Waals surface area contributed by atoms with Crippen LogP contribution in [0.25, 0.3) is 0 Å². The van der Waals surface area contributed by atoms with Crippen molar-refractivity contribution in [1.82, 2.24) is 10.2 Å². The largest absolute Gasteiger partial charge is 0.383 e. The Morgan fingerprint density at radius 1 is 1.33 bits per heavy atom. The van der Waals surface area contributed by atoms with Gasteiger partial charge in [-0.2, -0.15) is 0 Å². The highest BCUT2D eigenvalue weighted by molar-refractivity contribution is 5.79. The maximum Gasteiger partial charge on any atom is 0.223 e. The van der Waals surface area contributed by atoms with Gasteiger partial charge in [-0.3, -0.25) is 4.79 Å². The van der Waals surface area contributed by atoms with Crippen LogP contribution in [0, 0.1) is 11.8 Å². The van der Waals surface area contributed by atoms with Crippen LogP contribution in [-0.2, 0) is 14.3 Å². The standard InChI is InChI=1S/C16H28N2O3/c1-20-10-8-18-7-5-15-14(11-18)13(6-9-21-15)16(19)17-12-3-2-4-12/h12-15H,2-11H2,1H3,(H,17,19)/t13-,14-,15-/m0/s1. The molecule has 1 amide bonds. The van der Waals surface area contributed by atoms with E-state index >= 15 is 0 Å². The van der Waals surface area contributed by atoms with Crippen LogP contribution in [0.4, 0.5) is 0 Å². The lowest BCUT2D eigenvalue weighted by Gasteiger charge is -2.45. The minimum Gasteiger partial charge on any atom is -0.383 e. The minimum absolute atomic E-state index is 0.134. The van der Waals surface area contributed by atoms with Crippen molar-refractivity contribution < 1.29 is 14.3 Å². The summed E-state index contributed by atoms with van der Waals surface area (Å²) in [6, 6.07) is 0.437. The number of methoxy groups -OCH3 is 1. The second-order valence-corrected chi connectivity index (χ2v) is 6.69. The monoisotopic (exact) mass is 296 g/mol. The van der Waals surface area contributed by atoms with Crippen LogP contribution >= 0.6 is 0 Å². The zero-order chi connectivity index (χ0) is 14.7. The van der Waals surface area contributed by atoms with Crippen LogP contribution in [0.15, 0.2) is 0 Å². The van der Waals surface area contributed by atoms with Gasteiger partial charge in [0.1, 0.15) is 0 Å². The van der Waals surface area contributed by atoms with Gasteiger partial charge in [0.25, 0.3) is 0 Å². The van der Waals surface area contributed by atoms with Gasteiger partial charge in [0, 0.05) is 51.2 Å². The molecule has 0 radical (unpaired) electrons. The maximum atomic E-state index is 12.6. The fourth-order valence-corrected chi connectivity index (χ4v) is 3.79. The van der Waals surface area contributed by atoms with E-state index in [1.165, 1.54) is 6.42 Å². The molecule has 1 saturated carbocycles. The zero-order valence-corrected chi connectivity index (χ0v) is 13.1. The van der Waals surface area contributed by atoms with Gasteiger partial charge in [-0.1, -0.05) is 0 Å². The van der Waals surface area contributed by atoms with E-state index < -0.39 is 0 Å². The average molecular weight is 296 g/mol. The van der Waals surface area contributed by atoms with Gasteiger partial charge in [0.15, 0.2) is 0 Å². The van der Waals surface area contributed by atoms with Crippen molar-refractivity contribution in [3.63, 3.8) is 0 Å². The van der Waals surface area contributed by atoms with E-state index in [2.05, 4.69) is 10.2 Å². The van der Waals surface area contributed by atoms with Crippen molar-refractivity contribution >= 4 is 5.91 Å². The molecule has 3 aliphatic rings. The number of hydrogen-bond donors (Lipinski definition) is 1. The number of nitrogens with one attached hydrogen (secondary N) is 1. The van der Waals surface area contributed by atoms with Gasteiger partial charge in [0.05, 0.1) is 12.7 Å². The van der Waals surface area contributed by atoms with E-state index in [-0.39, 0.29) is 17.9 Å². The Balaban J connectivity index is 1.58. The minimum atomic E-state index is 0.134. The lowest BCUT2D eigenvalue weighted by atomic mass is 9.78. The lowest BCUT2D eigenvalue weighted by molar-refractivity contribution is -0.143. The number of piperidine rings is 1. The molecule has 5 nitrogen and oxygen atoms in total. The summed E-state index contributed by atoms with van der Waals surface area (Å²) in [6.45, 7) is 4.48. The van der Waals surface area contributed by atoms with Crippen molar-refractivity contribution in [3.05, 3.63) is 0 Å². The van der Waals surface area contributed by atoms with Crippen molar-refractivity contribution in [2.45, 2.75) is 44.2 Å². The van der Waals surface area contributed by atoms with Crippen molar-refractivity contribution in [2.24, 2.45) is 11.8 Å². The Morgan fingerprint density at radius 3 is 2.90 bits per heavy atom. The first kappa shape index (κ1) is 15.3. The third kappa shape index (κ3) is 3.58. The number of amides is 1. The van der Waals surface area contributed by atoms with Gasteiger partial charge in [-0.05, 0) is 32.1 Å². The topological polar surface area (TPSA) is 50.8 Å². The molecule has 2 saturated heterocycles. The van der Waals surface area contributed by atoms with Crippen molar-refractivity contribution in [3.8, 4) is 0 Å². The first-order chi connectivity index (χ1) is 10.3. The summed E-state index contributed by atoms with van der Waals surface area (Å²) < 4.78 is 11.1. The lowest BCUT2D eigenvalue weighted by Crippen LogP contribution is -2.55. The van der Waals surface area contributed by atoms with Crippen LogP contribution in [0.1, 0.15) is 32.1 Å². The van der Waals surface area contributed by atoms with E-state index in [4.69, 9.17) is 9.47 Å². The van der Waals surface area contributed by atoms with E-state index in [9.17, 15) is 4.79 Å². The van der Waals surface area contributed by atoms with E-state index in [1.54, 1.807) is 7.11 Å². The van der Waals surface area contributed by atoms with Crippen molar-refractivity contribution in [1.29, 1.82) is 0 Å². The first-order valence-corrected chi connectivity index (χ1v) is 8.41. The summed E-state index contributed by atoms with van der Waals surface area (Å²) >= 11 is 0. The summed E-state index contributed by atoms with van der Waals surface area (Å²) in [5.41, 5.74) is 0. The molecule has 0 bridgehead atoms. The molecule has 0 spiro atoms. The molecule has 2 aliphatic heterocycles. The number of fused-ring (bicyclic) bond motifs is 1. The molecule has 5 heteroatoms. The number of hydrogen-bond acceptors (Lipinski definition) is 4. The number of ether oxygens (including phenoxy) is 2. The van der Waals surface area contributed by atoms with Gasteiger partial charge < -0.3 is 19.7 Å². The van der Waals surface area contributed by atoms with Gasteiger partial charge in [-0.25, -0.2) is 0 Å². The third-order valence-corrected chi connectivity index (χ3v) is 5.35. The molecule has 3 fully saturated rings. The summed E-state index contributed by atoms with van der Waals surface area (Å²) in [7, 11) is 1.74. The first-order valence-electron chi connectivity index (χ1n) is 8.41. The fourth-order valence-electron chi connectivity index (χ4n) is 3.79. The predicted octanol–water partition coefficient (Wildman–Crippen LogP) is 1.03. The van der Waals surface area contributed by atoms with Gasteiger partial charge >= 0.3 is 0 Å². The second kappa shape index (κ2) is 7.07. The smallest absolute Gasteiger partial charge is 0.223 e. The van der Waals surface area contributed by atoms with Crippen LogP contribution in [-0.4, -0.2) is 62.9 Å². The highest BCUT2D eigenvalue weighted by atomic mass is 16.5. The Morgan fingerprint density at radius 2 is 2.19 bits per heavy atom. The van der Waals surface area contributed by atoms with Crippen LogP contribution in [0.2, 0.25) is 0 Å². The van der Waals surface area contributed by atoms with E-state index in [0.29, 0.717) is 12.0 Å². The molecule has 0 aromatic carbocycles. The number of nitrogens with zero attached hydrogens (tertiary/aromatic N) is 1. The van der Waals surface area contributed by atoms with E-state index in [0.717, 1.165) is 58.5 Å². The normalized spacial score (nSPS) is 34.0. The molecule has 0 aromatic rings. The molecule has 2 heterocycles. The number of rotatable bonds is 5. The quantitative estimate of drug-likeness (QED) is 0.823. The molecular formula is C16H28N2O3. The Labute approximate surface area is 127 Å². The molecule has 1 aliphatic carbocycles. The zero-order valence-electron chi connectivity index (χ0n) is 13.1. The summed E-state index contributed by atoms with van der Waals surface area (Å²) in [5, 5.41) is 3.24. The molecule has 21 heavy (non-hydrogen) atoms. The summed E-state index contributed by atoms with van der Waals surface area (Å²) in [4.78, 5) is 15.0. The molecule has 3 atom stereocenters. The molecule has 120 valence electrons. The van der Waals surface area contributed by atoms with Crippen LogP contribution in [0.3, 0.4) is 0 Å². The van der Waals surface area contributed by atoms with Gasteiger partial charge in [0.2, 0.25) is 5.91 Å². The predicted molar refractivity (Wildman–Crippen MR) is 80.1 cm³/mol. The molecule has 0 aromatic heterocycles. The average Bonchev–Trinajstić information content (AvgIpc) is 2.47. The SMILES string of the molecule is COCCN1CC[C@@H]2OCC[C@H](C(=O)NC3CCC3)[C@@H]2C1. The third-order valence-electron chi connectivity index (χ3n) is 5.35. The highest BCUT2D eigenvalue weighted by Crippen LogP contribution is 2.33. The fraction of sp³-hybridized carbons (Fsp3) is 0.938. The molecule has 3 rings (SSSR count). The van der Waals surface area contributed by atoms with E-state index in [1.807, 2.05) is 0 Å². The van der Waals surface area contributed by atoms with Crippen LogP contribution in [0.5, 0.6) is 0 Å². The summed E-state index contributed by atoms with van der Waals surface area (Å²) in [6.07, 6.45) is 5.76. The number of carbonyl (C=O) groups is 1. The highest BCUT2D eigenvalue weighted by Gasteiger charge is 2.42. The maximum absolute atomic E-state index is 12.6. The second-order valence-electron chi connectivity index (χ2n) is 6.69. The Kier molecular flexibility index (Phi) is 5.14. The Bertz CT molecular complexity index is 359. The molecule has 1 N–H and O–H groups in total. The molecule has 0 unspecified atom stereocenters. The summed E-state index contributed by atoms with van der Waals surface area (Å²) in [5.74, 6) is 0.755. The molecular weight excluding hydrogens is 268 g/mol. The number of likely N-dealkylation sites (tertiary alicyclic amines) is 1. The van der Waals surface area contributed by atoms with Crippen LogP contribution < -0.4 is 5.32 Å². The van der Waals surface area contributed by atoms with Crippen molar-refractivity contribution in [2.75, 3.05) is 40.0 Å². The Hall–Kier alpha value is -0.650. The van der Waals surface area contributed by atoms with Gasteiger partial charge in [-0.15, -0.1) is 0 Å². The number of carbonyl (C=O) groups excluding carboxylic acids is 1.